The fourth-order valence-corrected chi connectivity index (χ4v) is 1.81. The van der Waals surface area contributed by atoms with Gasteiger partial charge in [-0.3, -0.25) is 4.79 Å². The third-order valence-electron chi connectivity index (χ3n) is 2.75. The SMILES string of the molecule is C=CC/C(=C/N(CC=C)Cc1ccccc1)C(C)=O. The van der Waals surface area contributed by atoms with Crippen molar-refractivity contribution >= 4 is 5.78 Å². The predicted octanol–water partition coefficient (Wildman–Crippen LogP) is 3.72. The zero-order valence-corrected chi connectivity index (χ0v) is 11.5. The fourth-order valence-electron chi connectivity index (χ4n) is 1.81. The van der Waals surface area contributed by atoms with Crippen LogP contribution in [0.3, 0.4) is 0 Å². The molecule has 0 unspecified atom stereocenters. The van der Waals surface area contributed by atoms with E-state index in [-0.39, 0.29) is 5.78 Å². The van der Waals surface area contributed by atoms with E-state index in [1.807, 2.05) is 30.5 Å². The van der Waals surface area contributed by atoms with E-state index in [0.29, 0.717) is 13.0 Å². The van der Waals surface area contributed by atoms with E-state index < -0.39 is 0 Å². The summed E-state index contributed by atoms with van der Waals surface area (Å²) in [4.78, 5) is 13.6. The molecule has 0 heterocycles. The van der Waals surface area contributed by atoms with Crippen molar-refractivity contribution in [3.8, 4) is 0 Å². The Labute approximate surface area is 115 Å². The molecule has 0 aromatic heterocycles. The Morgan fingerprint density at radius 3 is 2.42 bits per heavy atom. The second-order valence-corrected chi connectivity index (χ2v) is 4.41. The molecule has 19 heavy (non-hydrogen) atoms. The molecule has 0 aliphatic heterocycles. The quantitative estimate of drug-likeness (QED) is 0.521. The summed E-state index contributed by atoms with van der Waals surface area (Å²) in [5, 5.41) is 0. The average Bonchev–Trinajstić information content (AvgIpc) is 2.39. The van der Waals surface area contributed by atoms with Crippen molar-refractivity contribution in [2.75, 3.05) is 6.54 Å². The van der Waals surface area contributed by atoms with Gasteiger partial charge in [-0.05, 0) is 18.9 Å². The van der Waals surface area contributed by atoms with Gasteiger partial charge < -0.3 is 4.90 Å². The second-order valence-electron chi connectivity index (χ2n) is 4.41. The Morgan fingerprint density at radius 2 is 1.89 bits per heavy atom. The topological polar surface area (TPSA) is 20.3 Å². The van der Waals surface area contributed by atoms with Gasteiger partial charge in [-0.2, -0.15) is 0 Å². The van der Waals surface area contributed by atoms with Gasteiger partial charge in [0.1, 0.15) is 0 Å². The van der Waals surface area contributed by atoms with Gasteiger partial charge >= 0.3 is 0 Å². The van der Waals surface area contributed by atoms with Crippen LogP contribution in [-0.4, -0.2) is 17.2 Å². The lowest BCUT2D eigenvalue weighted by molar-refractivity contribution is -0.113. The minimum Gasteiger partial charge on any atom is -0.369 e. The number of allylic oxidation sites excluding steroid dienone is 2. The lowest BCUT2D eigenvalue weighted by Gasteiger charge is -2.20. The van der Waals surface area contributed by atoms with Crippen LogP contribution < -0.4 is 0 Å². The summed E-state index contributed by atoms with van der Waals surface area (Å²) in [5.41, 5.74) is 1.98. The fraction of sp³-hybridized carbons (Fsp3) is 0.235. The second kappa shape index (κ2) is 8.09. The summed E-state index contributed by atoms with van der Waals surface area (Å²) in [6.45, 7) is 10.5. The molecule has 1 rings (SSSR count). The molecule has 2 nitrogen and oxygen atoms in total. The first-order valence-corrected chi connectivity index (χ1v) is 6.38. The molecule has 0 aliphatic carbocycles. The van der Waals surface area contributed by atoms with Crippen molar-refractivity contribution in [2.45, 2.75) is 19.9 Å². The zero-order chi connectivity index (χ0) is 14.1. The van der Waals surface area contributed by atoms with Gasteiger partial charge in [-0.1, -0.05) is 42.5 Å². The molecular weight excluding hydrogens is 234 g/mol. The minimum atomic E-state index is 0.0852. The summed E-state index contributed by atoms with van der Waals surface area (Å²) in [7, 11) is 0. The number of benzene rings is 1. The molecule has 0 amide bonds. The molecule has 0 atom stereocenters. The Kier molecular flexibility index (Phi) is 6.37. The van der Waals surface area contributed by atoms with E-state index in [2.05, 4.69) is 30.2 Å². The number of Topliss-reactive ketones (excluding diaryl/α,β-unsaturated/α-hetero) is 1. The van der Waals surface area contributed by atoms with E-state index in [4.69, 9.17) is 0 Å². The van der Waals surface area contributed by atoms with Crippen LogP contribution >= 0.6 is 0 Å². The van der Waals surface area contributed by atoms with Gasteiger partial charge in [-0.25, -0.2) is 0 Å². The van der Waals surface area contributed by atoms with Gasteiger partial charge in [0.2, 0.25) is 0 Å². The number of hydrogen-bond acceptors (Lipinski definition) is 2. The third kappa shape index (κ3) is 5.38. The summed E-state index contributed by atoms with van der Waals surface area (Å²) in [5.74, 6) is 0.0852. The standard InChI is InChI=1S/C17H21NO/c1-4-9-17(15(3)19)14-18(12-5-2)13-16-10-7-6-8-11-16/h4-8,10-11,14H,1-2,9,12-13H2,3H3/b17-14-. The van der Waals surface area contributed by atoms with Gasteiger partial charge in [0, 0.05) is 24.9 Å². The summed E-state index contributed by atoms with van der Waals surface area (Å²) < 4.78 is 0. The normalized spacial score (nSPS) is 10.9. The molecule has 0 radical (unpaired) electrons. The van der Waals surface area contributed by atoms with E-state index >= 15 is 0 Å². The Hall–Kier alpha value is -2.09. The molecule has 0 bridgehead atoms. The van der Waals surface area contributed by atoms with E-state index in [0.717, 1.165) is 12.1 Å². The summed E-state index contributed by atoms with van der Waals surface area (Å²) in [6, 6.07) is 10.2. The van der Waals surface area contributed by atoms with Gasteiger partial charge in [-0.15, -0.1) is 13.2 Å². The van der Waals surface area contributed by atoms with Gasteiger partial charge in [0.05, 0.1) is 0 Å². The highest BCUT2D eigenvalue weighted by molar-refractivity contribution is 5.93. The largest absolute Gasteiger partial charge is 0.369 e. The molecule has 0 saturated carbocycles. The first kappa shape index (κ1) is 15.0. The van der Waals surface area contributed by atoms with Crippen LogP contribution in [0.1, 0.15) is 18.9 Å². The van der Waals surface area contributed by atoms with Crippen LogP contribution in [0.25, 0.3) is 0 Å². The molecule has 0 N–H and O–H groups in total. The molecule has 1 aromatic rings. The number of nitrogens with zero attached hydrogens (tertiary/aromatic N) is 1. The predicted molar refractivity (Wildman–Crippen MR) is 80.6 cm³/mol. The van der Waals surface area contributed by atoms with E-state index in [1.165, 1.54) is 5.56 Å². The highest BCUT2D eigenvalue weighted by Crippen LogP contribution is 2.10. The van der Waals surface area contributed by atoms with Crippen LogP contribution in [0.2, 0.25) is 0 Å². The molecule has 2 heteroatoms. The smallest absolute Gasteiger partial charge is 0.157 e. The van der Waals surface area contributed by atoms with Crippen molar-refractivity contribution < 1.29 is 4.79 Å². The van der Waals surface area contributed by atoms with Gasteiger partial charge in [0.25, 0.3) is 0 Å². The molecule has 0 spiro atoms. The number of carbonyl (C=O) groups excluding carboxylic acids is 1. The summed E-state index contributed by atoms with van der Waals surface area (Å²) in [6.07, 6.45) is 6.10. The molecule has 1 aromatic carbocycles. The van der Waals surface area contributed by atoms with Crippen molar-refractivity contribution in [3.63, 3.8) is 0 Å². The highest BCUT2D eigenvalue weighted by atomic mass is 16.1. The summed E-state index contributed by atoms with van der Waals surface area (Å²) >= 11 is 0. The van der Waals surface area contributed by atoms with Crippen LogP contribution in [0.5, 0.6) is 0 Å². The lowest BCUT2D eigenvalue weighted by Crippen LogP contribution is -2.18. The highest BCUT2D eigenvalue weighted by Gasteiger charge is 2.06. The van der Waals surface area contributed by atoms with Crippen molar-refractivity contribution in [3.05, 3.63) is 73.0 Å². The van der Waals surface area contributed by atoms with Crippen LogP contribution in [0, 0.1) is 0 Å². The molecule has 0 saturated heterocycles. The lowest BCUT2D eigenvalue weighted by atomic mass is 10.1. The zero-order valence-electron chi connectivity index (χ0n) is 11.5. The average molecular weight is 255 g/mol. The van der Waals surface area contributed by atoms with Crippen molar-refractivity contribution in [2.24, 2.45) is 0 Å². The van der Waals surface area contributed by atoms with Crippen molar-refractivity contribution in [1.82, 2.24) is 4.90 Å². The maximum absolute atomic E-state index is 11.6. The molecule has 0 aliphatic rings. The first-order valence-electron chi connectivity index (χ1n) is 6.38. The number of hydrogen-bond donors (Lipinski definition) is 0. The monoisotopic (exact) mass is 255 g/mol. The minimum absolute atomic E-state index is 0.0852. The van der Waals surface area contributed by atoms with Crippen LogP contribution in [0.15, 0.2) is 67.4 Å². The number of rotatable bonds is 8. The molecule has 100 valence electrons. The Morgan fingerprint density at radius 1 is 1.21 bits per heavy atom. The molecule has 0 fully saturated rings. The number of ketones is 1. The Balaban J connectivity index is 2.87. The van der Waals surface area contributed by atoms with Crippen LogP contribution in [0.4, 0.5) is 0 Å². The van der Waals surface area contributed by atoms with E-state index in [9.17, 15) is 4.79 Å². The van der Waals surface area contributed by atoms with E-state index in [1.54, 1.807) is 13.0 Å². The molecular formula is C17H21NO. The van der Waals surface area contributed by atoms with Crippen molar-refractivity contribution in [1.29, 1.82) is 0 Å². The maximum Gasteiger partial charge on any atom is 0.157 e. The Bertz CT molecular complexity index is 459. The van der Waals surface area contributed by atoms with Gasteiger partial charge in [0.15, 0.2) is 5.78 Å². The van der Waals surface area contributed by atoms with Crippen LogP contribution in [-0.2, 0) is 11.3 Å². The maximum atomic E-state index is 11.6. The first-order chi connectivity index (χ1) is 9.17. The number of carbonyl (C=O) groups is 1. The third-order valence-corrected chi connectivity index (χ3v) is 2.75.